The molecule has 1 aliphatic heterocycles. The van der Waals surface area contributed by atoms with E-state index in [1.165, 1.54) is 11.9 Å². The molecule has 8 nitrogen and oxygen atoms in total. The number of aryl methyl sites for hydroxylation is 2. The van der Waals surface area contributed by atoms with E-state index in [0.717, 1.165) is 24.2 Å². The standard InChI is InChI=1S/C19H21N7O/c27-19-17-15(8-9-22-19)18(21-10-11-26-13-20-12-23-26)25-16(24-17)7-6-14-4-2-1-3-5-14/h1-5,12-13H,6-11H2,(H,22,27)(H,21,24,25). The van der Waals surface area contributed by atoms with E-state index in [-0.39, 0.29) is 5.91 Å². The Morgan fingerprint density at radius 1 is 1.15 bits per heavy atom. The number of benzene rings is 1. The zero-order chi connectivity index (χ0) is 18.5. The van der Waals surface area contributed by atoms with Crippen LogP contribution in [0.1, 0.15) is 27.4 Å². The second kappa shape index (κ2) is 7.94. The molecule has 0 unspecified atom stereocenters. The van der Waals surface area contributed by atoms with Gasteiger partial charge in [0.2, 0.25) is 0 Å². The van der Waals surface area contributed by atoms with Crippen LogP contribution < -0.4 is 10.6 Å². The van der Waals surface area contributed by atoms with Gasteiger partial charge in [-0.25, -0.2) is 15.0 Å². The number of fused-ring (bicyclic) bond motifs is 1. The molecule has 138 valence electrons. The lowest BCUT2D eigenvalue weighted by Crippen LogP contribution is -2.34. The molecule has 2 N–H and O–H groups in total. The molecule has 1 amide bonds. The fraction of sp³-hybridized carbons (Fsp3) is 0.316. The van der Waals surface area contributed by atoms with Crippen molar-refractivity contribution < 1.29 is 4.79 Å². The lowest BCUT2D eigenvalue weighted by atomic mass is 10.1. The quantitative estimate of drug-likeness (QED) is 0.656. The van der Waals surface area contributed by atoms with Crippen LogP contribution in [0.4, 0.5) is 5.82 Å². The summed E-state index contributed by atoms with van der Waals surface area (Å²) in [5.74, 6) is 1.30. The smallest absolute Gasteiger partial charge is 0.270 e. The number of carbonyl (C=O) groups excluding carboxylic acids is 1. The predicted octanol–water partition coefficient (Wildman–Crippen LogP) is 1.25. The third-order valence-corrected chi connectivity index (χ3v) is 4.51. The van der Waals surface area contributed by atoms with Gasteiger partial charge in [0, 0.05) is 25.1 Å². The molecule has 0 saturated carbocycles. The van der Waals surface area contributed by atoms with Crippen molar-refractivity contribution in [3.63, 3.8) is 0 Å². The van der Waals surface area contributed by atoms with E-state index in [1.807, 2.05) is 18.2 Å². The Balaban J connectivity index is 1.52. The largest absolute Gasteiger partial charge is 0.368 e. The first-order valence-corrected chi connectivity index (χ1v) is 9.08. The van der Waals surface area contributed by atoms with Crippen LogP contribution in [0.25, 0.3) is 0 Å². The molecule has 3 heterocycles. The number of hydrogen-bond acceptors (Lipinski definition) is 6. The van der Waals surface area contributed by atoms with Crippen LogP contribution in [0.15, 0.2) is 43.0 Å². The van der Waals surface area contributed by atoms with Crippen molar-refractivity contribution in [2.45, 2.75) is 25.8 Å². The minimum absolute atomic E-state index is 0.126. The molecule has 0 saturated heterocycles. The molecule has 3 aromatic rings. The first-order valence-electron chi connectivity index (χ1n) is 9.08. The number of rotatable bonds is 7. The minimum Gasteiger partial charge on any atom is -0.368 e. The highest BCUT2D eigenvalue weighted by Gasteiger charge is 2.23. The van der Waals surface area contributed by atoms with Crippen LogP contribution in [-0.2, 0) is 25.8 Å². The Morgan fingerprint density at radius 2 is 2.04 bits per heavy atom. The summed E-state index contributed by atoms with van der Waals surface area (Å²) in [4.78, 5) is 25.5. The van der Waals surface area contributed by atoms with Gasteiger partial charge < -0.3 is 10.6 Å². The van der Waals surface area contributed by atoms with Crippen LogP contribution >= 0.6 is 0 Å². The van der Waals surface area contributed by atoms with Gasteiger partial charge in [0.1, 0.15) is 30.0 Å². The van der Waals surface area contributed by atoms with E-state index in [9.17, 15) is 4.79 Å². The number of anilines is 1. The zero-order valence-electron chi connectivity index (χ0n) is 14.9. The predicted molar refractivity (Wildman–Crippen MR) is 100 cm³/mol. The third kappa shape index (κ3) is 4.11. The maximum atomic E-state index is 12.3. The molecule has 1 aromatic carbocycles. The van der Waals surface area contributed by atoms with Crippen LogP contribution in [0, 0.1) is 0 Å². The number of hydrogen-bond donors (Lipinski definition) is 2. The molecule has 27 heavy (non-hydrogen) atoms. The lowest BCUT2D eigenvalue weighted by Gasteiger charge is -2.20. The molecule has 0 fully saturated rings. The van der Waals surface area contributed by atoms with E-state index in [0.29, 0.717) is 37.6 Å². The van der Waals surface area contributed by atoms with E-state index in [4.69, 9.17) is 4.98 Å². The fourth-order valence-electron chi connectivity index (χ4n) is 3.14. The summed E-state index contributed by atoms with van der Waals surface area (Å²) in [6.07, 6.45) is 5.43. The second-order valence-electron chi connectivity index (χ2n) is 6.39. The van der Waals surface area contributed by atoms with E-state index < -0.39 is 0 Å². The van der Waals surface area contributed by atoms with Gasteiger partial charge in [0.05, 0.1) is 6.54 Å². The lowest BCUT2D eigenvalue weighted by molar-refractivity contribution is 0.0940. The van der Waals surface area contributed by atoms with Gasteiger partial charge in [-0.05, 0) is 18.4 Å². The normalized spacial score (nSPS) is 13.1. The first-order chi connectivity index (χ1) is 13.3. The highest BCUT2D eigenvalue weighted by Crippen LogP contribution is 2.21. The Kier molecular flexibility index (Phi) is 5.04. The molecular weight excluding hydrogens is 342 g/mol. The monoisotopic (exact) mass is 363 g/mol. The van der Waals surface area contributed by atoms with Crippen molar-refractivity contribution in [2.24, 2.45) is 0 Å². The van der Waals surface area contributed by atoms with Gasteiger partial charge in [0.15, 0.2) is 0 Å². The number of nitrogens with one attached hydrogen (secondary N) is 2. The average molecular weight is 363 g/mol. The third-order valence-electron chi connectivity index (χ3n) is 4.51. The summed E-state index contributed by atoms with van der Waals surface area (Å²) in [6, 6.07) is 10.2. The molecule has 4 rings (SSSR count). The minimum atomic E-state index is -0.126. The van der Waals surface area contributed by atoms with Crippen molar-refractivity contribution in [3.05, 3.63) is 65.6 Å². The van der Waals surface area contributed by atoms with E-state index in [2.05, 4.69) is 37.8 Å². The van der Waals surface area contributed by atoms with Gasteiger partial charge in [-0.1, -0.05) is 30.3 Å². The molecule has 0 bridgehead atoms. The maximum Gasteiger partial charge on any atom is 0.270 e. The average Bonchev–Trinajstić information content (AvgIpc) is 3.21. The number of amides is 1. The maximum absolute atomic E-state index is 12.3. The molecule has 2 aromatic heterocycles. The molecule has 0 aliphatic carbocycles. The summed E-state index contributed by atoms with van der Waals surface area (Å²) < 4.78 is 1.75. The van der Waals surface area contributed by atoms with Crippen molar-refractivity contribution in [3.8, 4) is 0 Å². The van der Waals surface area contributed by atoms with Crippen molar-refractivity contribution in [1.82, 2.24) is 30.0 Å². The highest BCUT2D eigenvalue weighted by molar-refractivity contribution is 5.95. The Hall–Kier alpha value is -3.29. The van der Waals surface area contributed by atoms with E-state index >= 15 is 0 Å². The Morgan fingerprint density at radius 3 is 2.85 bits per heavy atom. The highest BCUT2D eigenvalue weighted by atomic mass is 16.1. The van der Waals surface area contributed by atoms with E-state index in [1.54, 1.807) is 11.0 Å². The topological polar surface area (TPSA) is 97.6 Å². The SMILES string of the molecule is O=C1NCCc2c(NCCn3cncn3)nc(CCc3ccccc3)nc21. The summed E-state index contributed by atoms with van der Waals surface area (Å²) in [6.45, 7) is 1.92. The van der Waals surface area contributed by atoms with Crippen LogP contribution in [0.2, 0.25) is 0 Å². The second-order valence-corrected chi connectivity index (χ2v) is 6.39. The number of carbonyl (C=O) groups is 1. The van der Waals surface area contributed by atoms with Gasteiger partial charge >= 0.3 is 0 Å². The van der Waals surface area contributed by atoms with Crippen LogP contribution in [-0.4, -0.2) is 43.7 Å². The van der Waals surface area contributed by atoms with Gasteiger partial charge in [-0.2, -0.15) is 5.10 Å². The van der Waals surface area contributed by atoms with Crippen molar-refractivity contribution >= 4 is 11.7 Å². The first kappa shape index (κ1) is 17.1. The molecule has 0 radical (unpaired) electrons. The number of aromatic nitrogens is 5. The van der Waals surface area contributed by atoms with Crippen molar-refractivity contribution in [2.75, 3.05) is 18.4 Å². The van der Waals surface area contributed by atoms with Crippen LogP contribution in [0.3, 0.4) is 0 Å². The molecule has 1 aliphatic rings. The summed E-state index contributed by atoms with van der Waals surface area (Å²) in [5.41, 5.74) is 2.60. The zero-order valence-corrected chi connectivity index (χ0v) is 14.9. The molecule has 0 atom stereocenters. The summed E-state index contributed by atoms with van der Waals surface area (Å²) >= 11 is 0. The van der Waals surface area contributed by atoms with Gasteiger partial charge in [-0.3, -0.25) is 9.48 Å². The Bertz CT molecular complexity index is 909. The fourth-order valence-corrected chi connectivity index (χ4v) is 3.14. The van der Waals surface area contributed by atoms with Gasteiger partial charge in [0.25, 0.3) is 5.91 Å². The summed E-state index contributed by atoms with van der Waals surface area (Å²) in [7, 11) is 0. The molecule has 8 heteroatoms. The van der Waals surface area contributed by atoms with Gasteiger partial charge in [-0.15, -0.1) is 0 Å². The van der Waals surface area contributed by atoms with Crippen molar-refractivity contribution in [1.29, 1.82) is 0 Å². The van der Waals surface area contributed by atoms with Crippen LogP contribution in [0.5, 0.6) is 0 Å². The molecular formula is C19H21N7O. The number of nitrogens with zero attached hydrogens (tertiary/aromatic N) is 5. The molecule has 0 spiro atoms. The summed E-state index contributed by atoms with van der Waals surface area (Å²) in [5, 5.41) is 10.3. The Labute approximate surface area is 157 Å².